The van der Waals surface area contributed by atoms with Crippen LogP contribution in [0.2, 0.25) is 0 Å². The van der Waals surface area contributed by atoms with Crippen LogP contribution in [0, 0.1) is 0 Å². The van der Waals surface area contributed by atoms with Gasteiger partial charge < -0.3 is 4.90 Å². The van der Waals surface area contributed by atoms with E-state index in [1.807, 2.05) is 4.90 Å². The third kappa shape index (κ3) is 3.29. The lowest BCUT2D eigenvalue weighted by molar-refractivity contribution is -0.137. The van der Waals surface area contributed by atoms with Crippen molar-refractivity contribution >= 4 is 26.6 Å². The molecule has 1 aromatic carbocycles. The summed E-state index contributed by atoms with van der Waals surface area (Å²) in [5.41, 5.74) is 0.0727. The van der Waals surface area contributed by atoms with Crippen LogP contribution in [0.15, 0.2) is 18.3 Å². The lowest BCUT2D eigenvalue weighted by Crippen LogP contribution is -2.62. The summed E-state index contributed by atoms with van der Waals surface area (Å²) >= 11 is 0. The molecule has 10 heteroatoms. The summed E-state index contributed by atoms with van der Waals surface area (Å²) in [5, 5.41) is 7.17. The van der Waals surface area contributed by atoms with Gasteiger partial charge in [0.25, 0.3) is 0 Å². The Morgan fingerprint density at radius 3 is 2.52 bits per heavy atom. The first-order chi connectivity index (χ1) is 12.7. The molecule has 2 aliphatic rings. The SMILES string of the molecule is CS(=O)(=O)N1CCN(c2cc(C(F)(F)F)cc3[nH]ncc23)C2CCCCC21. The highest BCUT2D eigenvalue weighted by Gasteiger charge is 2.42. The number of fused-ring (bicyclic) bond motifs is 2. The second-order valence-corrected chi connectivity index (χ2v) is 9.25. The monoisotopic (exact) mass is 402 g/mol. The van der Waals surface area contributed by atoms with Gasteiger partial charge in [-0.3, -0.25) is 5.10 Å². The van der Waals surface area contributed by atoms with E-state index in [1.165, 1.54) is 22.8 Å². The van der Waals surface area contributed by atoms with Crippen LogP contribution < -0.4 is 4.90 Å². The van der Waals surface area contributed by atoms with Crippen LogP contribution in [0.3, 0.4) is 0 Å². The minimum absolute atomic E-state index is 0.135. The van der Waals surface area contributed by atoms with Crippen molar-refractivity contribution in [2.75, 3.05) is 24.2 Å². The van der Waals surface area contributed by atoms with Gasteiger partial charge in [0, 0.05) is 36.2 Å². The van der Waals surface area contributed by atoms with Crippen LogP contribution >= 0.6 is 0 Å². The summed E-state index contributed by atoms with van der Waals surface area (Å²) in [4.78, 5) is 1.96. The fraction of sp³-hybridized carbons (Fsp3) is 0.588. The lowest BCUT2D eigenvalue weighted by Gasteiger charge is -2.50. The molecule has 4 rings (SSSR count). The van der Waals surface area contributed by atoms with Gasteiger partial charge in [-0.15, -0.1) is 0 Å². The predicted molar refractivity (Wildman–Crippen MR) is 96.0 cm³/mol. The second kappa shape index (κ2) is 6.37. The Bertz CT molecular complexity index is 957. The molecule has 2 aromatic rings. The molecule has 2 atom stereocenters. The lowest BCUT2D eigenvalue weighted by atomic mass is 9.87. The maximum atomic E-state index is 13.4. The molecule has 1 N–H and O–H groups in total. The highest BCUT2D eigenvalue weighted by molar-refractivity contribution is 7.88. The number of sulfonamides is 1. The van der Waals surface area contributed by atoms with Gasteiger partial charge in [0.05, 0.1) is 23.5 Å². The number of nitrogens with zero attached hydrogens (tertiary/aromatic N) is 3. The number of hydrogen-bond donors (Lipinski definition) is 1. The van der Waals surface area contributed by atoms with Gasteiger partial charge in [-0.05, 0) is 25.0 Å². The highest BCUT2D eigenvalue weighted by atomic mass is 32.2. The molecule has 6 nitrogen and oxygen atoms in total. The zero-order valence-corrected chi connectivity index (χ0v) is 15.6. The Morgan fingerprint density at radius 1 is 1.15 bits per heavy atom. The van der Waals surface area contributed by atoms with E-state index in [-0.39, 0.29) is 18.6 Å². The minimum atomic E-state index is -4.46. The Labute approximate surface area is 155 Å². The number of nitrogens with one attached hydrogen (secondary N) is 1. The van der Waals surface area contributed by atoms with Crippen LogP contribution in [0.4, 0.5) is 18.9 Å². The van der Waals surface area contributed by atoms with Crippen LogP contribution in [-0.2, 0) is 16.2 Å². The highest BCUT2D eigenvalue weighted by Crippen LogP contribution is 2.40. The quantitative estimate of drug-likeness (QED) is 0.839. The molecule has 2 unspecified atom stereocenters. The molecule has 27 heavy (non-hydrogen) atoms. The zero-order chi connectivity index (χ0) is 19.4. The maximum absolute atomic E-state index is 13.4. The van der Waals surface area contributed by atoms with Crippen LogP contribution in [0.1, 0.15) is 31.2 Å². The van der Waals surface area contributed by atoms with Crippen molar-refractivity contribution in [3.05, 3.63) is 23.9 Å². The Kier molecular flexibility index (Phi) is 4.38. The molecule has 1 aromatic heterocycles. The number of anilines is 1. The van der Waals surface area contributed by atoms with Crippen molar-refractivity contribution in [2.45, 2.75) is 43.9 Å². The second-order valence-electron chi connectivity index (χ2n) is 7.31. The number of rotatable bonds is 2. The van der Waals surface area contributed by atoms with E-state index in [0.717, 1.165) is 31.7 Å². The normalized spacial score (nSPS) is 25.0. The zero-order valence-electron chi connectivity index (χ0n) is 14.8. The van der Waals surface area contributed by atoms with Gasteiger partial charge in [-0.2, -0.15) is 22.6 Å². The standard InChI is InChI=1S/C17H21F3N4O2S/c1-27(25,26)24-7-6-23(14-4-2-3-5-15(14)24)16-9-11(17(18,19)20)8-13-12(16)10-21-22-13/h8-10,14-15H,2-7H2,1H3,(H,21,22). The minimum Gasteiger partial charge on any atom is -0.365 e. The number of aromatic nitrogens is 2. The molecule has 1 aliphatic heterocycles. The smallest absolute Gasteiger partial charge is 0.365 e. The first kappa shape index (κ1) is 18.5. The van der Waals surface area contributed by atoms with Crippen molar-refractivity contribution < 1.29 is 21.6 Å². The van der Waals surface area contributed by atoms with Crippen molar-refractivity contribution in [2.24, 2.45) is 0 Å². The molecule has 1 saturated heterocycles. The largest absolute Gasteiger partial charge is 0.416 e. The van der Waals surface area contributed by atoms with Gasteiger partial charge in [-0.1, -0.05) is 12.8 Å². The van der Waals surface area contributed by atoms with Gasteiger partial charge in [-0.25, -0.2) is 8.42 Å². The van der Waals surface area contributed by atoms with Gasteiger partial charge >= 0.3 is 6.18 Å². The summed E-state index contributed by atoms with van der Waals surface area (Å²) in [7, 11) is -3.36. The topological polar surface area (TPSA) is 69.3 Å². The molecule has 0 bridgehead atoms. The average molecular weight is 402 g/mol. The van der Waals surface area contributed by atoms with E-state index < -0.39 is 21.8 Å². The Morgan fingerprint density at radius 2 is 1.85 bits per heavy atom. The third-order valence-electron chi connectivity index (χ3n) is 5.63. The van der Waals surface area contributed by atoms with Crippen LogP contribution in [0.25, 0.3) is 10.9 Å². The van der Waals surface area contributed by atoms with Gasteiger partial charge in [0.2, 0.25) is 10.0 Å². The van der Waals surface area contributed by atoms with Crippen LogP contribution in [-0.4, -0.2) is 54.3 Å². The summed E-state index contributed by atoms with van der Waals surface area (Å²) in [6, 6.07) is 1.89. The summed E-state index contributed by atoms with van der Waals surface area (Å²) in [6.45, 7) is 0.630. The average Bonchev–Trinajstić information content (AvgIpc) is 3.07. The first-order valence-corrected chi connectivity index (χ1v) is 10.8. The number of piperazine rings is 1. The van der Waals surface area contributed by atoms with E-state index in [2.05, 4.69) is 10.2 Å². The molecule has 148 valence electrons. The van der Waals surface area contributed by atoms with E-state index >= 15 is 0 Å². The molecule has 0 amide bonds. The number of benzene rings is 1. The van der Waals surface area contributed by atoms with Crippen molar-refractivity contribution in [1.82, 2.24) is 14.5 Å². The summed E-state index contributed by atoms with van der Waals surface area (Å²) in [5.74, 6) is 0. The van der Waals surface area contributed by atoms with E-state index in [4.69, 9.17) is 0 Å². The first-order valence-electron chi connectivity index (χ1n) is 8.94. The molecule has 2 fully saturated rings. The number of aromatic amines is 1. The molecule has 1 aliphatic carbocycles. The number of hydrogen-bond acceptors (Lipinski definition) is 4. The molecular weight excluding hydrogens is 381 g/mol. The molecule has 1 saturated carbocycles. The van der Waals surface area contributed by atoms with Crippen molar-refractivity contribution in [1.29, 1.82) is 0 Å². The van der Waals surface area contributed by atoms with Gasteiger partial charge in [0.1, 0.15) is 0 Å². The molecule has 0 spiro atoms. The maximum Gasteiger partial charge on any atom is 0.416 e. The Hall–Kier alpha value is -1.81. The molecular formula is C17H21F3N4O2S. The van der Waals surface area contributed by atoms with Crippen molar-refractivity contribution in [3.63, 3.8) is 0 Å². The summed E-state index contributed by atoms with van der Waals surface area (Å²) in [6.07, 6.45) is 1.61. The fourth-order valence-electron chi connectivity index (χ4n) is 4.47. The van der Waals surface area contributed by atoms with E-state index in [9.17, 15) is 21.6 Å². The van der Waals surface area contributed by atoms with Crippen molar-refractivity contribution in [3.8, 4) is 0 Å². The Balaban J connectivity index is 1.80. The number of alkyl halides is 3. The third-order valence-corrected chi connectivity index (χ3v) is 6.93. The number of H-pyrrole nitrogens is 1. The van der Waals surface area contributed by atoms with E-state index in [1.54, 1.807) is 0 Å². The molecule has 0 radical (unpaired) electrons. The molecule has 2 heterocycles. The van der Waals surface area contributed by atoms with Crippen LogP contribution in [0.5, 0.6) is 0 Å². The predicted octanol–water partition coefficient (Wildman–Crippen LogP) is 2.97. The van der Waals surface area contributed by atoms with Gasteiger partial charge in [0.15, 0.2) is 0 Å². The number of halogens is 3. The summed E-state index contributed by atoms with van der Waals surface area (Å²) < 4.78 is 66.0. The van der Waals surface area contributed by atoms with E-state index in [0.29, 0.717) is 23.1 Å². The fourth-order valence-corrected chi connectivity index (χ4v) is 5.62.